The molecule has 1 aromatic heterocycles. The molecule has 1 aromatic rings. The van der Waals surface area contributed by atoms with Gasteiger partial charge in [-0.05, 0) is 28.1 Å². The Labute approximate surface area is 78.8 Å². The molecule has 5 heteroatoms. The maximum Gasteiger partial charge on any atom is 0.113 e. The first kappa shape index (κ1) is 9.60. The van der Waals surface area contributed by atoms with Crippen LogP contribution in [0.2, 0.25) is 0 Å². The summed E-state index contributed by atoms with van der Waals surface area (Å²) in [4.78, 5) is 8.82. The summed E-state index contributed by atoms with van der Waals surface area (Å²) in [5.74, 6) is 0. The first-order valence-corrected chi connectivity index (χ1v) is 4.14. The molecule has 0 aliphatic heterocycles. The summed E-state index contributed by atoms with van der Waals surface area (Å²) in [6.45, 7) is 0.264. The molecule has 0 fully saturated rings. The molecule has 1 rings (SSSR count). The molecule has 0 spiro atoms. The normalized spacial score (nSPS) is 10.7. The Morgan fingerprint density at radius 3 is 2.92 bits per heavy atom. The van der Waals surface area contributed by atoms with Crippen LogP contribution in [0.5, 0.6) is 0 Å². The lowest BCUT2D eigenvalue weighted by Gasteiger charge is -2.07. The number of aromatic nitrogens is 1. The van der Waals surface area contributed by atoms with Crippen molar-refractivity contribution < 1.29 is 10.0 Å². The van der Waals surface area contributed by atoms with E-state index in [0.717, 1.165) is 10.2 Å². The number of hydroxylamine groups is 2. The molecule has 0 bridgehead atoms. The van der Waals surface area contributed by atoms with Gasteiger partial charge >= 0.3 is 0 Å². The van der Waals surface area contributed by atoms with Crippen LogP contribution in [0.4, 0.5) is 0 Å². The molecule has 0 radical (unpaired) electrons. The molecule has 1 heterocycles. The fourth-order valence-electron chi connectivity index (χ4n) is 0.651. The summed E-state index contributed by atoms with van der Waals surface area (Å²) in [6.07, 6.45) is 1.68. The lowest BCUT2D eigenvalue weighted by molar-refractivity contribution is -0.330. The maximum absolute atomic E-state index is 8.64. The van der Waals surface area contributed by atoms with Crippen molar-refractivity contribution in [3.05, 3.63) is 28.5 Å². The number of halogens is 1. The predicted octanol–water partition coefficient (Wildman–Crippen LogP) is 1.60. The fraction of sp³-hybridized carbons (Fsp3) is 0.286. The minimum absolute atomic E-state index is 0.264. The smallest absolute Gasteiger partial charge is 0.113 e. The quantitative estimate of drug-likeness (QED) is 0.805. The van der Waals surface area contributed by atoms with Crippen molar-refractivity contribution >= 4 is 15.9 Å². The Hall–Kier alpha value is -0.490. The van der Waals surface area contributed by atoms with E-state index in [1.54, 1.807) is 6.20 Å². The zero-order valence-corrected chi connectivity index (χ0v) is 8.15. The van der Waals surface area contributed by atoms with Crippen LogP contribution in [-0.4, -0.2) is 22.5 Å². The number of hydrogen-bond acceptors (Lipinski definition) is 4. The first-order chi connectivity index (χ1) is 5.68. The molecular formula is C7H9BrN2O2. The van der Waals surface area contributed by atoms with E-state index in [4.69, 9.17) is 10.0 Å². The lowest BCUT2D eigenvalue weighted by atomic mass is 10.4. The van der Waals surface area contributed by atoms with Gasteiger partial charge in [0.2, 0.25) is 0 Å². The van der Waals surface area contributed by atoms with E-state index < -0.39 is 0 Å². The minimum atomic E-state index is 0.264. The number of nitrogens with zero attached hydrogens (tertiary/aromatic N) is 2. The van der Waals surface area contributed by atoms with E-state index in [2.05, 4.69) is 20.9 Å². The van der Waals surface area contributed by atoms with Crippen LogP contribution in [-0.2, 0) is 11.4 Å². The highest BCUT2D eigenvalue weighted by Gasteiger charge is 1.96. The average Bonchev–Trinajstić information content (AvgIpc) is 2.03. The summed E-state index contributed by atoms with van der Waals surface area (Å²) in [5, 5.41) is 9.30. The third kappa shape index (κ3) is 3.27. The fourth-order valence-corrected chi connectivity index (χ4v) is 0.886. The van der Waals surface area contributed by atoms with Gasteiger partial charge in [0.1, 0.15) is 6.61 Å². The van der Waals surface area contributed by atoms with Gasteiger partial charge in [-0.2, -0.15) is 0 Å². The van der Waals surface area contributed by atoms with Gasteiger partial charge in [0.15, 0.2) is 0 Å². The van der Waals surface area contributed by atoms with Crippen LogP contribution in [0.25, 0.3) is 0 Å². The van der Waals surface area contributed by atoms with Gasteiger partial charge in [-0.1, -0.05) is 5.23 Å². The summed E-state index contributed by atoms with van der Waals surface area (Å²) >= 11 is 3.26. The van der Waals surface area contributed by atoms with E-state index in [1.807, 2.05) is 12.1 Å². The molecule has 4 nitrogen and oxygen atoms in total. The van der Waals surface area contributed by atoms with Gasteiger partial charge in [-0.15, -0.1) is 0 Å². The Kier molecular flexibility index (Phi) is 3.61. The van der Waals surface area contributed by atoms with Crippen molar-refractivity contribution in [2.45, 2.75) is 6.61 Å². The Bertz CT molecular complexity index is 238. The average molecular weight is 233 g/mol. The van der Waals surface area contributed by atoms with Crippen molar-refractivity contribution in [3.8, 4) is 0 Å². The van der Waals surface area contributed by atoms with E-state index >= 15 is 0 Å². The molecule has 12 heavy (non-hydrogen) atoms. The summed E-state index contributed by atoms with van der Waals surface area (Å²) in [6, 6.07) is 3.68. The highest BCUT2D eigenvalue weighted by molar-refractivity contribution is 9.10. The van der Waals surface area contributed by atoms with Crippen LogP contribution >= 0.6 is 15.9 Å². The Morgan fingerprint density at radius 1 is 1.67 bits per heavy atom. The van der Waals surface area contributed by atoms with Crippen LogP contribution in [0.15, 0.2) is 22.8 Å². The van der Waals surface area contributed by atoms with Crippen molar-refractivity contribution in [3.63, 3.8) is 0 Å². The van der Waals surface area contributed by atoms with Crippen molar-refractivity contribution in [1.29, 1.82) is 0 Å². The standard InChI is InChI=1S/C7H9BrN2O2/c1-10(11)12-5-7-3-2-6(8)4-9-7/h2-4,11H,5H2,1H3. The molecule has 0 aliphatic carbocycles. The second kappa shape index (κ2) is 4.51. The third-order valence-electron chi connectivity index (χ3n) is 1.19. The second-order valence-corrected chi connectivity index (χ2v) is 3.12. The van der Waals surface area contributed by atoms with Crippen LogP contribution in [0.1, 0.15) is 5.69 Å². The van der Waals surface area contributed by atoms with Crippen LogP contribution in [0.3, 0.4) is 0 Å². The van der Waals surface area contributed by atoms with Gasteiger partial charge < -0.3 is 0 Å². The molecule has 66 valence electrons. The van der Waals surface area contributed by atoms with Crippen molar-refractivity contribution in [1.82, 2.24) is 10.2 Å². The van der Waals surface area contributed by atoms with Gasteiger partial charge in [-0.25, -0.2) is 0 Å². The van der Waals surface area contributed by atoms with Gasteiger partial charge in [0, 0.05) is 17.7 Å². The summed E-state index contributed by atoms with van der Waals surface area (Å²) < 4.78 is 0.920. The number of rotatable bonds is 3. The van der Waals surface area contributed by atoms with E-state index in [9.17, 15) is 0 Å². The first-order valence-electron chi connectivity index (χ1n) is 3.34. The highest BCUT2D eigenvalue weighted by Crippen LogP contribution is 2.07. The minimum Gasteiger partial charge on any atom is -0.290 e. The summed E-state index contributed by atoms with van der Waals surface area (Å²) in [5.41, 5.74) is 0.763. The molecule has 0 atom stereocenters. The highest BCUT2D eigenvalue weighted by atomic mass is 79.9. The molecule has 0 aliphatic rings. The van der Waals surface area contributed by atoms with E-state index in [1.165, 1.54) is 7.05 Å². The second-order valence-electron chi connectivity index (χ2n) is 2.21. The topological polar surface area (TPSA) is 45.6 Å². The number of hydrogen-bond donors (Lipinski definition) is 1. The number of pyridine rings is 1. The largest absolute Gasteiger partial charge is 0.290 e. The molecule has 0 saturated carbocycles. The maximum atomic E-state index is 8.64. The third-order valence-corrected chi connectivity index (χ3v) is 1.66. The van der Waals surface area contributed by atoms with E-state index in [-0.39, 0.29) is 6.61 Å². The van der Waals surface area contributed by atoms with Crippen LogP contribution in [0, 0.1) is 0 Å². The van der Waals surface area contributed by atoms with E-state index in [0.29, 0.717) is 5.23 Å². The molecular weight excluding hydrogens is 224 g/mol. The van der Waals surface area contributed by atoms with Crippen molar-refractivity contribution in [2.75, 3.05) is 7.05 Å². The molecule has 1 N–H and O–H groups in total. The molecule has 0 amide bonds. The molecule has 0 unspecified atom stereocenters. The van der Waals surface area contributed by atoms with Crippen molar-refractivity contribution in [2.24, 2.45) is 0 Å². The summed E-state index contributed by atoms with van der Waals surface area (Å²) in [7, 11) is 1.40. The monoisotopic (exact) mass is 232 g/mol. The van der Waals surface area contributed by atoms with Crippen LogP contribution < -0.4 is 0 Å². The van der Waals surface area contributed by atoms with Gasteiger partial charge in [-0.3, -0.25) is 15.0 Å². The molecule has 0 saturated heterocycles. The Morgan fingerprint density at radius 2 is 2.42 bits per heavy atom. The zero-order chi connectivity index (χ0) is 8.97. The Balaban J connectivity index is 2.48. The van der Waals surface area contributed by atoms with Gasteiger partial charge in [0.05, 0.1) is 5.69 Å². The SMILES string of the molecule is CN(O)OCc1ccc(Br)cn1. The zero-order valence-electron chi connectivity index (χ0n) is 6.57. The predicted molar refractivity (Wildman–Crippen MR) is 46.3 cm³/mol. The lowest BCUT2D eigenvalue weighted by Crippen LogP contribution is -2.13. The van der Waals surface area contributed by atoms with Gasteiger partial charge in [0.25, 0.3) is 0 Å². The molecule has 0 aromatic carbocycles.